The minimum Gasteiger partial charge on any atom is -0.391 e. The van der Waals surface area contributed by atoms with Gasteiger partial charge in [0.05, 0.1) is 12.1 Å². The van der Waals surface area contributed by atoms with Crippen LogP contribution in [0.5, 0.6) is 0 Å². The zero-order chi connectivity index (χ0) is 10.7. The summed E-state index contributed by atoms with van der Waals surface area (Å²) in [6.45, 7) is 1.89. The number of benzene rings is 1. The fourth-order valence-electron chi connectivity index (χ4n) is 1.23. The van der Waals surface area contributed by atoms with Gasteiger partial charge in [0.25, 0.3) is 0 Å². The van der Waals surface area contributed by atoms with Crippen LogP contribution in [0.4, 0.5) is 0 Å². The summed E-state index contributed by atoms with van der Waals surface area (Å²) in [6, 6.07) is 4.99. The van der Waals surface area contributed by atoms with Crippen molar-refractivity contribution in [2.75, 3.05) is 0 Å². The maximum absolute atomic E-state index is 9.61. The van der Waals surface area contributed by atoms with E-state index in [9.17, 15) is 5.11 Å². The van der Waals surface area contributed by atoms with E-state index < -0.39 is 12.1 Å². The second-order valence-electron chi connectivity index (χ2n) is 3.17. The number of hydrogen-bond acceptors (Lipinski definition) is 2. The molecule has 0 radical (unpaired) electrons. The highest BCUT2D eigenvalue weighted by Gasteiger charge is 2.17. The third-order valence-electron chi connectivity index (χ3n) is 2.15. The fourth-order valence-corrected chi connectivity index (χ4v) is 1.92. The lowest BCUT2D eigenvalue weighted by atomic mass is 10.0. The maximum atomic E-state index is 9.61. The summed E-state index contributed by atoms with van der Waals surface area (Å²) in [5.41, 5.74) is 6.72. The van der Waals surface area contributed by atoms with E-state index in [1.165, 1.54) is 0 Å². The van der Waals surface area contributed by atoms with Crippen molar-refractivity contribution in [3.63, 3.8) is 0 Å². The molecule has 0 unspecified atom stereocenters. The van der Waals surface area contributed by atoms with Crippen LogP contribution in [0.25, 0.3) is 0 Å². The third kappa shape index (κ3) is 3.93. The van der Waals surface area contributed by atoms with Gasteiger partial charge in [-0.05, 0) is 30.2 Å². The van der Waals surface area contributed by atoms with Crippen molar-refractivity contribution in [3.8, 4) is 0 Å². The van der Waals surface area contributed by atoms with E-state index in [0.29, 0.717) is 11.4 Å². The Morgan fingerprint density at radius 2 is 2.13 bits per heavy atom. The molecule has 0 amide bonds. The summed E-state index contributed by atoms with van der Waals surface area (Å²) in [6.07, 6.45) is 0.0879. The Labute approximate surface area is 109 Å². The van der Waals surface area contributed by atoms with E-state index in [1.54, 1.807) is 12.1 Å². The molecule has 2 atom stereocenters. The number of nitrogens with two attached hydrogens (primary N) is 1. The molecule has 0 bridgehead atoms. The zero-order valence-electron chi connectivity index (χ0n) is 8.28. The largest absolute Gasteiger partial charge is 0.391 e. The normalized spacial score (nSPS) is 14.2. The van der Waals surface area contributed by atoms with E-state index in [-0.39, 0.29) is 12.4 Å². The van der Waals surface area contributed by atoms with Crippen LogP contribution in [0, 0.1) is 0 Å². The molecule has 1 aromatic carbocycles. The van der Waals surface area contributed by atoms with Crippen LogP contribution in [0.2, 0.25) is 5.02 Å². The van der Waals surface area contributed by atoms with Crippen molar-refractivity contribution in [1.29, 1.82) is 0 Å². The molecule has 0 spiro atoms. The zero-order valence-corrected chi connectivity index (χ0v) is 11.4. The van der Waals surface area contributed by atoms with E-state index in [0.717, 1.165) is 10.0 Å². The maximum Gasteiger partial charge on any atom is 0.0730 e. The molecule has 0 fully saturated rings. The first-order valence-corrected chi connectivity index (χ1v) is 5.62. The van der Waals surface area contributed by atoms with Crippen molar-refractivity contribution in [2.24, 2.45) is 5.73 Å². The molecule has 0 saturated heterocycles. The molecule has 5 heteroatoms. The van der Waals surface area contributed by atoms with Crippen LogP contribution in [0.1, 0.15) is 24.9 Å². The molecule has 0 aliphatic carbocycles. The van der Waals surface area contributed by atoms with Gasteiger partial charge in [0.1, 0.15) is 0 Å². The standard InChI is InChI=1S/C10H13BrClNO.ClH/c1-2-9(14)10(13)7-5-6(12)3-4-8(7)11;/h3-5,9-10,14H,2,13H2,1H3;1H/t9-,10+;/m1./s1. The Morgan fingerprint density at radius 1 is 1.53 bits per heavy atom. The molecule has 0 heterocycles. The molecule has 1 rings (SSSR count). The monoisotopic (exact) mass is 313 g/mol. The molecular weight excluding hydrogens is 301 g/mol. The molecule has 3 N–H and O–H groups in total. The highest BCUT2D eigenvalue weighted by Crippen LogP contribution is 2.27. The number of aliphatic hydroxyl groups excluding tert-OH is 1. The first-order valence-electron chi connectivity index (χ1n) is 4.44. The third-order valence-corrected chi connectivity index (χ3v) is 3.11. The fraction of sp³-hybridized carbons (Fsp3) is 0.400. The predicted octanol–water partition coefficient (Wildman–Crippen LogP) is 3.30. The molecule has 86 valence electrons. The van der Waals surface area contributed by atoms with Crippen LogP contribution >= 0.6 is 39.9 Å². The van der Waals surface area contributed by atoms with Crippen molar-refractivity contribution in [2.45, 2.75) is 25.5 Å². The van der Waals surface area contributed by atoms with Gasteiger partial charge in [0.15, 0.2) is 0 Å². The summed E-state index contributed by atoms with van der Waals surface area (Å²) >= 11 is 9.23. The average Bonchev–Trinajstić information content (AvgIpc) is 2.19. The van der Waals surface area contributed by atoms with Crippen molar-refractivity contribution in [1.82, 2.24) is 0 Å². The first-order chi connectivity index (χ1) is 6.56. The second-order valence-corrected chi connectivity index (χ2v) is 4.46. The highest BCUT2D eigenvalue weighted by molar-refractivity contribution is 9.10. The first kappa shape index (κ1) is 15.2. The van der Waals surface area contributed by atoms with Gasteiger partial charge in [-0.1, -0.05) is 34.5 Å². The van der Waals surface area contributed by atoms with Gasteiger partial charge in [-0.15, -0.1) is 12.4 Å². The number of aliphatic hydroxyl groups is 1. The van der Waals surface area contributed by atoms with Crippen LogP contribution in [-0.4, -0.2) is 11.2 Å². The van der Waals surface area contributed by atoms with Crippen LogP contribution < -0.4 is 5.73 Å². The number of halogens is 3. The lowest BCUT2D eigenvalue weighted by Gasteiger charge is -2.19. The quantitative estimate of drug-likeness (QED) is 0.899. The van der Waals surface area contributed by atoms with Crippen molar-refractivity contribution >= 4 is 39.9 Å². The Morgan fingerprint density at radius 3 is 2.67 bits per heavy atom. The van der Waals surface area contributed by atoms with Crippen LogP contribution in [0.15, 0.2) is 22.7 Å². The summed E-state index contributed by atoms with van der Waals surface area (Å²) in [4.78, 5) is 0. The van der Waals surface area contributed by atoms with E-state index in [4.69, 9.17) is 17.3 Å². The van der Waals surface area contributed by atoms with Crippen LogP contribution in [-0.2, 0) is 0 Å². The highest BCUT2D eigenvalue weighted by atomic mass is 79.9. The topological polar surface area (TPSA) is 46.2 Å². The van der Waals surface area contributed by atoms with Gasteiger partial charge in [-0.25, -0.2) is 0 Å². The lowest BCUT2D eigenvalue weighted by molar-refractivity contribution is 0.140. The smallest absolute Gasteiger partial charge is 0.0730 e. The number of rotatable bonds is 3. The molecule has 15 heavy (non-hydrogen) atoms. The summed E-state index contributed by atoms with van der Waals surface area (Å²) < 4.78 is 0.877. The van der Waals surface area contributed by atoms with Gasteiger partial charge in [-0.2, -0.15) is 0 Å². The number of hydrogen-bond donors (Lipinski definition) is 2. The van der Waals surface area contributed by atoms with Gasteiger partial charge >= 0.3 is 0 Å². The predicted molar refractivity (Wildman–Crippen MR) is 69.6 cm³/mol. The minimum atomic E-state index is -0.537. The van der Waals surface area contributed by atoms with Crippen molar-refractivity contribution < 1.29 is 5.11 Å². The lowest BCUT2D eigenvalue weighted by Crippen LogP contribution is -2.25. The Kier molecular flexibility index (Phi) is 6.80. The van der Waals surface area contributed by atoms with E-state index >= 15 is 0 Å². The molecule has 0 aliphatic heterocycles. The van der Waals surface area contributed by atoms with Crippen LogP contribution in [0.3, 0.4) is 0 Å². The Balaban J connectivity index is 0.00000196. The molecule has 0 aromatic heterocycles. The van der Waals surface area contributed by atoms with Crippen molar-refractivity contribution in [3.05, 3.63) is 33.3 Å². The second kappa shape index (κ2) is 6.71. The van der Waals surface area contributed by atoms with E-state index in [2.05, 4.69) is 15.9 Å². The Hall–Kier alpha value is 0.200. The molecule has 0 saturated carbocycles. The summed E-state index contributed by atoms with van der Waals surface area (Å²) in [5.74, 6) is 0. The van der Waals surface area contributed by atoms with Gasteiger partial charge in [0.2, 0.25) is 0 Å². The molecule has 0 aliphatic rings. The molecular formula is C10H14BrCl2NO. The van der Waals surface area contributed by atoms with Gasteiger partial charge < -0.3 is 10.8 Å². The van der Waals surface area contributed by atoms with E-state index in [1.807, 2.05) is 13.0 Å². The minimum absolute atomic E-state index is 0. The van der Waals surface area contributed by atoms with Gasteiger partial charge in [-0.3, -0.25) is 0 Å². The van der Waals surface area contributed by atoms with Gasteiger partial charge in [0, 0.05) is 9.50 Å². The summed E-state index contributed by atoms with van der Waals surface area (Å²) in [5, 5.41) is 10.2. The molecule has 2 nitrogen and oxygen atoms in total. The molecule has 1 aromatic rings. The SMILES string of the molecule is CC[C@@H](O)[C@@H](N)c1cc(Cl)ccc1Br.Cl. The Bertz CT molecular complexity index is 322. The average molecular weight is 315 g/mol. The summed E-state index contributed by atoms with van der Waals surface area (Å²) in [7, 11) is 0.